The maximum atomic E-state index is 11.1. The van der Waals surface area contributed by atoms with Gasteiger partial charge in [-0.2, -0.15) is 0 Å². The van der Waals surface area contributed by atoms with Crippen molar-refractivity contribution in [2.24, 2.45) is 5.92 Å². The van der Waals surface area contributed by atoms with E-state index in [1.165, 1.54) is 76.1 Å². The van der Waals surface area contributed by atoms with E-state index in [-0.39, 0.29) is 0 Å². The number of hydroxylamine groups is 1. The molecule has 1 aromatic rings. The number of rotatable bonds is 6. The Morgan fingerprint density at radius 2 is 1.88 bits per heavy atom. The predicted octanol–water partition coefficient (Wildman–Crippen LogP) is 4.31. The summed E-state index contributed by atoms with van der Waals surface area (Å²) < 4.78 is 0. The van der Waals surface area contributed by atoms with Gasteiger partial charge in [0, 0.05) is 12.1 Å². The molecule has 0 spiro atoms. The van der Waals surface area contributed by atoms with Crippen LogP contribution < -0.4 is 5.48 Å². The van der Waals surface area contributed by atoms with Gasteiger partial charge in [0.2, 0.25) is 0 Å². The van der Waals surface area contributed by atoms with Gasteiger partial charge in [0.05, 0.1) is 0 Å². The molecule has 1 amide bonds. The maximum Gasteiger partial charge on any atom is 0.267 e. The summed E-state index contributed by atoms with van der Waals surface area (Å²) in [7, 11) is 0. The number of benzene rings is 1. The first-order valence-corrected chi connectivity index (χ1v) is 9.72. The van der Waals surface area contributed by atoms with Crippen LogP contribution in [0.25, 0.3) is 6.08 Å². The second-order valence-corrected chi connectivity index (χ2v) is 7.46. The van der Waals surface area contributed by atoms with Crippen LogP contribution in [0.2, 0.25) is 0 Å². The average Bonchev–Trinajstić information content (AvgIpc) is 3.14. The third kappa shape index (κ3) is 5.16. The van der Waals surface area contributed by atoms with Gasteiger partial charge < -0.3 is 0 Å². The Labute approximate surface area is 150 Å². The van der Waals surface area contributed by atoms with Gasteiger partial charge in [-0.3, -0.25) is 14.9 Å². The summed E-state index contributed by atoms with van der Waals surface area (Å²) in [6.45, 7) is 2.45. The zero-order valence-electron chi connectivity index (χ0n) is 15.0. The monoisotopic (exact) mass is 342 g/mol. The smallest absolute Gasteiger partial charge is 0.267 e. The average molecular weight is 342 g/mol. The fourth-order valence-corrected chi connectivity index (χ4v) is 4.33. The molecule has 136 valence electrons. The number of nitrogens with one attached hydrogen (secondary N) is 1. The lowest BCUT2D eigenvalue weighted by molar-refractivity contribution is -0.124. The molecule has 2 aliphatic rings. The Morgan fingerprint density at radius 1 is 1.12 bits per heavy atom. The minimum Gasteiger partial charge on any atom is -0.296 e. The fraction of sp³-hybridized carbons (Fsp3) is 0.571. The molecule has 1 aliphatic heterocycles. The SMILES string of the molecule is O=C(/C=C/c1ccc(C2CCCN2CCC2CCCCC2)cc1)NO. The Morgan fingerprint density at radius 3 is 2.60 bits per heavy atom. The quantitative estimate of drug-likeness (QED) is 0.460. The summed E-state index contributed by atoms with van der Waals surface area (Å²) in [5, 5.41) is 8.52. The molecule has 0 bridgehead atoms. The van der Waals surface area contributed by atoms with Gasteiger partial charge >= 0.3 is 0 Å². The van der Waals surface area contributed by atoms with E-state index in [1.54, 1.807) is 11.6 Å². The van der Waals surface area contributed by atoms with Crippen molar-refractivity contribution >= 4 is 12.0 Å². The second-order valence-electron chi connectivity index (χ2n) is 7.46. The summed E-state index contributed by atoms with van der Waals surface area (Å²) in [4.78, 5) is 13.7. The van der Waals surface area contributed by atoms with Gasteiger partial charge in [0.25, 0.3) is 5.91 Å². The van der Waals surface area contributed by atoms with Crippen molar-refractivity contribution in [1.82, 2.24) is 10.4 Å². The van der Waals surface area contributed by atoms with Crippen molar-refractivity contribution in [3.63, 3.8) is 0 Å². The highest BCUT2D eigenvalue weighted by Gasteiger charge is 2.26. The molecule has 2 N–H and O–H groups in total. The molecule has 25 heavy (non-hydrogen) atoms. The van der Waals surface area contributed by atoms with E-state index < -0.39 is 5.91 Å². The Kier molecular flexibility index (Phi) is 6.65. The van der Waals surface area contributed by atoms with E-state index in [1.807, 2.05) is 12.1 Å². The lowest BCUT2D eigenvalue weighted by Gasteiger charge is -2.28. The number of carbonyl (C=O) groups excluding carboxylic acids is 1. The lowest BCUT2D eigenvalue weighted by atomic mass is 9.87. The highest BCUT2D eigenvalue weighted by molar-refractivity contribution is 5.90. The zero-order valence-corrected chi connectivity index (χ0v) is 15.0. The molecule has 1 aliphatic carbocycles. The molecule has 1 saturated heterocycles. The lowest BCUT2D eigenvalue weighted by Crippen LogP contribution is -2.26. The van der Waals surface area contributed by atoms with Crippen LogP contribution >= 0.6 is 0 Å². The van der Waals surface area contributed by atoms with Gasteiger partial charge in [-0.05, 0) is 55.5 Å². The molecule has 2 fully saturated rings. The van der Waals surface area contributed by atoms with E-state index in [0.29, 0.717) is 6.04 Å². The van der Waals surface area contributed by atoms with Crippen LogP contribution in [-0.2, 0) is 4.79 Å². The fourth-order valence-electron chi connectivity index (χ4n) is 4.33. The number of likely N-dealkylation sites (tertiary alicyclic amines) is 1. The highest BCUT2D eigenvalue weighted by Crippen LogP contribution is 2.34. The van der Waals surface area contributed by atoms with Crippen molar-refractivity contribution < 1.29 is 10.0 Å². The molecule has 1 aromatic carbocycles. The van der Waals surface area contributed by atoms with Crippen molar-refractivity contribution in [3.8, 4) is 0 Å². The normalized spacial score (nSPS) is 22.5. The van der Waals surface area contributed by atoms with Crippen molar-refractivity contribution in [2.75, 3.05) is 13.1 Å². The molecular formula is C21H30N2O2. The van der Waals surface area contributed by atoms with Crippen molar-refractivity contribution in [2.45, 2.75) is 57.4 Å². The summed E-state index contributed by atoms with van der Waals surface area (Å²) in [5.74, 6) is 0.439. The Bertz CT molecular complexity index is 576. The number of nitrogens with zero attached hydrogens (tertiary/aromatic N) is 1. The molecule has 4 heteroatoms. The van der Waals surface area contributed by atoms with E-state index in [2.05, 4.69) is 17.0 Å². The van der Waals surface area contributed by atoms with Gasteiger partial charge in [-0.1, -0.05) is 56.4 Å². The van der Waals surface area contributed by atoms with Crippen LogP contribution in [0.5, 0.6) is 0 Å². The number of hydrogen-bond acceptors (Lipinski definition) is 3. The van der Waals surface area contributed by atoms with Crippen LogP contribution in [0.15, 0.2) is 30.3 Å². The highest BCUT2D eigenvalue weighted by atomic mass is 16.5. The Hall–Kier alpha value is -1.65. The standard InChI is InChI=1S/C21H30N2O2/c24-21(22-25)13-10-18-8-11-19(12-9-18)20-7-4-15-23(20)16-14-17-5-2-1-3-6-17/h8-13,17,20,25H,1-7,14-16H2,(H,22,24)/b13-10+. The van der Waals surface area contributed by atoms with Crippen LogP contribution in [0, 0.1) is 5.92 Å². The zero-order chi connectivity index (χ0) is 17.5. The summed E-state index contributed by atoms with van der Waals surface area (Å²) in [5.41, 5.74) is 3.96. The summed E-state index contributed by atoms with van der Waals surface area (Å²) >= 11 is 0. The minimum atomic E-state index is -0.506. The van der Waals surface area contributed by atoms with Crippen LogP contribution in [0.1, 0.15) is 68.5 Å². The number of hydrogen-bond donors (Lipinski definition) is 2. The third-order valence-corrected chi connectivity index (χ3v) is 5.77. The number of carbonyl (C=O) groups is 1. The first-order chi connectivity index (χ1) is 12.3. The molecule has 4 nitrogen and oxygen atoms in total. The van der Waals surface area contributed by atoms with Gasteiger partial charge in [0.15, 0.2) is 0 Å². The van der Waals surface area contributed by atoms with Gasteiger partial charge in [-0.15, -0.1) is 0 Å². The Balaban J connectivity index is 1.56. The van der Waals surface area contributed by atoms with Crippen LogP contribution in [0.4, 0.5) is 0 Å². The molecule has 1 atom stereocenters. The van der Waals surface area contributed by atoms with Crippen molar-refractivity contribution in [1.29, 1.82) is 0 Å². The van der Waals surface area contributed by atoms with Crippen LogP contribution in [0.3, 0.4) is 0 Å². The summed E-state index contributed by atoms with van der Waals surface area (Å²) in [6.07, 6.45) is 14.1. The number of amides is 1. The van der Waals surface area contributed by atoms with Crippen molar-refractivity contribution in [3.05, 3.63) is 41.5 Å². The molecule has 0 aromatic heterocycles. The second kappa shape index (κ2) is 9.16. The van der Waals surface area contributed by atoms with Gasteiger partial charge in [0.1, 0.15) is 0 Å². The predicted molar refractivity (Wildman–Crippen MR) is 100 cm³/mol. The third-order valence-electron chi connectivity index (χ3n) is 5.77. The van der Waals surface area contributed by atoms with E-state index in [0.717, 1.165) is 11.5 Å². The van der Waals surface area contributed by atoms with Gasteiger partial charge in [-0.25, -0.2) is 5.48 Å². The molecule has 0 radical (unpaired) electrons. The minimum absolute atomic E-state index is 0.506. The van der Waals surface area contributed by atoms with Crippen LogP contribution in [-0.4, -0.2) is 29.1 Å². The molecule has 3 rings (SSSR count). The first kappa shape index (κ1) is 18.2. The topological polar surface area (TPSA) is 52.6 Å². The van der Waals surface area contributed by atoms with E-state index in [9.17, 15) is 4.79 Å². The molecular weight excluding hydrogens is 312 g/mol. The molecule has 1 unspecified atom stereocenters. The van der Waals surface area contributed by atoms with E-state index in [4.69, 9.17) is 5.21 Å². The molecule has 1 saturated carbocycles. The summed E-state index contributed by atoms with van der Waals surface area (Å²) in [6, 6.07) is 9.00. The first-order valence-electron chi connectivity index (χ1n) is 9.72. The largest absolute Gasteiger partial charge is 0.296 e. The molecule has 1 heterocycles. The maximum absolute atomic E-state index is 11.1. The van der Waals surface area contributed by atoms with E-state index >= 15 is 0 Å².